The van der Waals surface area contributed by atoms with Gasteiger partial charge in [-0.1, -0.05) is 18.2 Å². The third kappa shape index (κ3) is 6.18. The zero-order valence-corrected chi connectivity index (χ0v) is 13.3. The van der Waals surface area contributed by atoms with Gasteiger partial charge in [0.1, 0.15) is 30.5 Å². The molecule has 0 aliphatic rings. The SMILES string of the molecule is COc1cccc(OCCOc2ccc(CNCCO)cc2)c1. The molecule has 23 heavy (non-hydrogen) atoms. The zero-order valence-electron chi connectivity index (χ0n) is 13.3. The number of ether oxygens (including phenoxy) is 3. The summed E-state index contributed by atoms with van der Waals surface area (Å²) in [7, 11) is 1.63. The molecule has 5 nitrogen and oxygen atoms in total. The van der Waals surface area contributed by atoms with E-state index in [-0.39, 0.29) is 6.61 Å². The highest BCUT2D eigenvalue weighted by Crippen LogP contribution is 2.18. The molecule has 2 N–H and O–H groups in total. The molecule has 0 atom stereocenters. The molecule has 0 aromatic heterocycles. The van der Waals surface area contributed by atoms with Gasteiger partial charge >= 0.3 is 0 Å². The lowest BCUT2D eigenvalue weighted by Gasteiger charge is -2.10. The average Bonchev–Trinajstić information content (AvgIpc) is 2.60. The normalized spacial score (nSPS) is 10.3. The Bertz CT molecular complexity index is 571. The van der Waals surface area contributed by atoms with Crippen molar-refractivity contribution in [2.75, 3.05) is 33.5 Å². The Morgan fingerprint density at radius 3 is 2.30 bits per heavy atom. The average molecular weight is 317 g/mol. The number of nitrogens with one attached hydrogen (secondary N) is 1. The largest absolute Gasteiger partial charge is 0.497 e. The molecular formula is C18H23NO4. The third-order valence-electron chi connectivity index (χ3n) is 3.20. The molecule has 0 saturated heterocycles. The molecule has 124 valence electrons. The number of hydrogen-bond acceptors (Lipinski definition) is 5. The first-order valence-electron chi connectivity index (χ1n) is 7.62. The van der Waals surface area contributed by atoms with Gasteiger partial charge in [-0.2, -0.15) is 0 Å². The molecule has 5 heteroatoms. The van der Waals surface area contributed by atoms with Crippen molar-refractivity contribution in [3.8, 4) is 17.2 Å². The van der Waals surface area contributed by atoms with Crippen molar-refractivity contribution in [1.29, 1.82) is 0 Å². The predicted octanol–water partition coefficient (Wildman–Crippen LogP) is 2.23. The second-order valence-corrected chi connectivity index (χ2v) is 4.92. The topological polar surface area (TPSA) is 60.0 Å². The van der Waals surface area contributed by atoms with Crippen LogP contribution in [0.1, 0.15) is 5.56 Å². The second-order valence-electron chi connectivity index (χ2n) is 4.92. The number of aliphatic hydroxyl groups excluding tert-OH is 1. The van der Waals surface area contributed by atoms with Crippen LogP contribution in [0.4, 0.5) is 0 Å². The van der Waals surface area contributed by atoms with Crippen molar-refractivity contribution in [3.05, 3.63) is 54.1 Å². The molecule has 0 spiro atoms. The maximum atomic E-state index is 8.72. The van der Waals surface area contributed by atoms with Crippen molar-refractivity contribution in [2.45, 2.75) is 6.54 Å². The zero-order chi connectivity index (χ0) is 16.3. The van der Waals surface area contributed by atoms with Gasteiger partial charge in [0, 0.05) is 19.2 Å². The van der Waals surface area contributed by atoms with Crippen molar-refractivity contribution in [3.63, 3.8) is 0 Å². The van der Waals surface area contributed by atoms with E-state index in [1.165, 1.54) is 0 Å². The quantitative estimate of drug-likeness (QED) is 0.658. The number of hydrogen-bond donors (Lipinski definition) is 2. The molecule has 0 amide bonds. The number of methoxy groups -OCH3 is 1. The molecule has 2 aromatic carbocycles. The molecule has 0 aliphatic carbocycles. The molecule has 0 heterocycles. The van der Waals surface area contributed by atoms with Crippen LogP contribution in [-0.2, 0) is 6.54 Å². The van der Waals surface area contributed by atoms with E-state index in [9.17, 15) is 0 Å². The summed E-state index contributed by atoms with van der Waals surface area (Å²) in [5.74, 6) is 2.34. The van der Waals surface area contributed by atoms with Crippen molar-refractivity contribution in [2.24, 2.45) is 0 Å². The monoisotopic (exact) mass is 317 g/mol. The van der Waals surface area contributed by atoms with Gasteiger partial charge in [-0.05, 0) is 29.8 Å². The summed E-state index contributed by atoms with van der Waals surface area (Å²) in [4.78, 5) is 0. The van der Waals surface area contributed by atoms with E-state index >= 15 is 0 Å². The van der Waals surface area contributed by atoms with Gasteiger partial charge in [-0.3, -0.25) is 0 Å². The number of rotatable bonds is 10. The molecule has 0 fully saturated rings. The predicted molar refractivity (Wildman–Crippen MR) is 89.2 cm³/mol. The lowest BCUT2D eigenvalue weighted by molar-refractivity contribution is 0.216. The van der Waals surface area contributed by atoms with Gasteiger partial charge in [0.2, 0.25) is 0 Å². The van der Waals surface area contributed by atoms with Crippen LogP contribution in [0.5, 0.6) is 17.2 Å². The first kappa shape index (κ1) is 17.1. The van der Waals surface area contributed by atoms with Crippen molar-refractivity contribution < 1.29 is 19.3 Å². The molecule has 0 aliphatic heterocycles. The Morgan fingerprint density at radius 1 is 0.913 bits per heavy atom. The lowest BCUT2D eigenvalue weighted by atomic mass is 10.2. The van der Waals surface area contributed by atoms with Crippen LogP contribution < -0.4 is 19.5 Å². The summed E-state index contributed by atoms with van der Waals surface area (Å²) in [5, 5.41) is 11.8. The van der Waals surface area contributed by atoms with Crippen LogP contribution in [0.25, 0.3) is 0 Å². The van der Waals surface area contributed by atoms with Crippen LogP contribution in [0.3, 0.4) is 0 Å². The Kier molecular flexibility index (Phi) is 7.23. The number of benzene rings is 2. The first-order chi connectivity index (χ1) is 11.3. The van der Waals surface area contributed by atoms with E-state index in [0.29, 0.717) is 19.8 Å². The Morgan fingerprint density at radius 2 is 1.61 bits per heavy atom. The Labute approximate surface area is 136 Å². The molecule has 0 radical (unpaired) electrons. The van der Waals surface area contributed by atoms with Crippen LogP contribution >= 0.6 is 0 Å². The maximum Gasteiger partial charge on any atom is 0.123 e. The summed E-state index contributed by atoms with van der Waals surface area (Å²) in [6.45, 7) is 2.42. The maximum absolute atomic E-state index is 8.72. The Balaban J connectivity index is 1.69. The summed E-state index contributed by atoms with van der Waals surface area (Å²) >= 11 is 0. The van der Waals surface area contributed by atoms with Gasteiger partial charge in [-0.25, -0.2) is 0 Å². The fourth-order valence-corrected chi connectivity index (χ4v) is 2.03. The molecule has 0 unspecified atom stereocenters. The summed E-state index contributed by atoms with van der Waals surface area (Å²) in [6, 6.07) is 15.4. The Hall–Kier alpha value is -2.24. The van der Waals surface area contributed by atoms with Crippen LogP contribution in [-0.4, -0.2) is 38.6 Å². The highest BCUT2D eigenvalue weighted by atomic mass is 16.5. The van der Waals surface area contributed by atoms with E-state index in [1.54, 1.807) is 7.11 Å². The third-order valence-corrected chi connectivity index (χ3v) is 3.20. The summed E-state index contributed by atoms with van der Waals surface area (Å²) in [5.41, 5.74) is 1.15. The van der Waals surface area contributed by atoms with Crippen LogP contribution in [0.2, 0.25) is 0 Å². The standard InChI is InChI=1S/C18H23NO4/c1-21-17-3-2-4-18(13-17)23-12-11-22-16-7-5-15(6-8-16)14-19-9-10-20/h2-8,13,19-20H,9-12,14H2,1H3. The van der Waals surface area contributed by atoms with E-state index in [2.05, 4.69) is 5.32 Å². The van der Waals surface area contributed by atoms with Gasteiger partial charge in [0.05, 0.1) is 13.7 Å². The smallest absolute Gasteiger partial charge is 0.123 e. The summed E-state index contributed by atoms with van der Waals surface area (Å²) in [6.07, 6.45) is 0. The van der Waals surface area contributed by atoms with Gasteiger partial charge in [0.25, 0.3) is 0 Å². The van der Waals surface area contributed by atoms with Crippen molar-refractivity contribution >= 4 is 0 Å². The molecule has 0 saturated carbocycles. The second kappa shape index (κ2) is 9.71. The van der Waals surface area contributed by atoms with E-state index < -0.39 is 0 Å². The van der Waals surface area contributed by atoms with Gasteiger partial charge < -0.3 is 24.6 Å². The molecule has 0 bridgehead atoms. The summed E-state index contributed by atoms with van der Waals surface area (Å²) < 4.78 is 16.4. The minimum Gasteiger partial charge on any atom is -0.497 e. The molecule has 2 aromatic rings. The first-order valence-corrected chi connectivity index (χ1v) is 7.62. The highest BCUT2D eigenvalue weighted by molar-refractivity contribution is 5.32. The molecule has 2 rings (SSSR count). The minimum absolute atomic E-state index is 0.147. The van der Waals surface area contributed by atoms with Crippen molar-refractivity contribution in [1.82, 2.24) is 5.32 Å². The fourth-order valence-electron chi connectivity index (χ4n) is 2.03. The van der Waals surface area contributed by atoms with E-state index in [0.717, 1.165) is 29.4 Å². The number of aliphatic hydroxyl groups is 1. The highest BCUT2D eigenvalue weighted by Gasteiger charge is 1.99. The van der Waals surface area contributed by atoms with Crippen LogP contribution in [0, 0.1) is 0 Å². The molecular weight excluding hydrogens is 294 g/mol. The van der Waals surface area contributed by atoms with Gasteiger partial charge in [-0.15, -0.1) is 0 Å². The lowest BCUT2D eigenvalue weighted by Crippen LogP contribution is -2.17. The fraction of sp³-hybridized carbons (Fsp3) is 0.333. The van der Waals surface area contributed by atoms with E-state index in [1.807, 2.05) is 48.5 Å². The van der Waals surface area contributed by atoms with Gasteiger partial charge in [0.15, 0.2) is 0 Å². The van der Waals surface area contributed by atoms with E-state index in [4.69, 9.17) is 19.3 Å². The van der Waals surface area contributed by atoms with Crippen LogP contribution in [0.15, 0.2) is 48.5 Å². The minimum atomic E-state index is 0.147.